The Kier molecular flexibility index (Phi) is 6.20. The van der Waals surface area contributed by atoms with E-state index in [4.69, 9.17) is 0 Å². The third-order valence-electron chi connectivity index (χ3n) is 5.25. The van der Waals surface area contributed by atoms with Crippen LogP contribution >= 0.6 is 7.14 Å². The van der Waals surface area contributed by atoms with Gasteiger partial charge in [0.15, 0.2) is 7.14 Å². The maximum atomic E-state index is 14.9. The zero-order chi connectivity index (χ0) is 22.6. The lowest BCUT2D eigenvalue weighted by Gasteiger charge is -2.31. The monoisotopic (exact) mass is 451 g/mol. The molecule has 0 spiro atoms. The van der Waals surface area contributed by atoms with Gasteiger partial charge in [-0.1, -0.05) is 97.1 Å². The summed E-state index contributed by atoms with van der Waals surface area (Å²) in [6.45, 7) is 0. The molecule has 0 aromatic heterocycles. The van der Waals surface area contributed by atoms with Gasteiger partial charge in [0.1, 0.15) is 5.78 Å². The van der Waals surface area contributed by atoms with Gasteiger partial charge in [0.2, 0.25) is 0 Å². The zero-order valence-electron chi connectivity index (χ0n) is 17.0. The first-order chi connectivity index (χ1) is 15.4. The molecule has 0 amide bonds. The van der Waals surface area contributed by atoms with Crippen LogP contribution in [-0.4, -0.2) is 0 Å². The van der Waals surface area contributed by atoms with Gasteiger partial charge >= 0.3 is 6.18 Å². The van der Waals surface area contributed by atoms with E-state index in [1.807, 2.05) is 66.7 Å². The largest absolute Gasteiger partial charge is 0.416 e. The van der Waals surface area contributed by atoms with Crippen LogP contribution < -0.4 is 15.9 Å². The Labute approximate surface area is 185 Å². The summed E-state index contributed by atoms with van der Waals surface area (Å²) < 4.78 is 54.8. The standard InChI is InChI=1S/C26H21F3NOP/c27-26(28,29)21-13-10-14-22(19-21)30-25(20-11-4-1-5-12-20)32(31,23-15-6-2-7-16-23)24-17-8-3-9-18-24/h1-19,25,30H/t25-/m1/s1. The van der Waals surface area contributed by atoms with Crippen LogP contribution in [0.1, 0.15) is 16.9 Å². The quantitative estimate of drug-likeness (QED) is 0.326. The highest BCUT2D eigenvalue weighted by atomic mass is 31.2. The highest BCUT2D eigenvalue weighted by Crippen LogP contribution is 2.57. The van der Waals surface area contributed by atoms with E-state index >= 15 is 0 Å². The fourth-order valence-corrected chi connectivity index (χ4v) is 6.76. The summed E-state index contributed by atoms with van der Waals surface area (Å²) >= 11 is 0. The van der Waals surface area contributed by atoms with Crippen LogP contribution in [0.2, 0.25) is 0 Å². The van der Waals surface area contributed by atoms with Gasteiger partial charge < -0.3 is 9.88 Å². The van der Waals surface area contributed by atoms with E-state index in [9.17, 15) is 17.7 Å². The number of nitrogens with one attached hydrogen (secondary N) is 1. The van der Waals surface area contributed by atoms with Crippen molar-refractivity contribution < 1.29 is 17.7 Å². The van der Waals surface area contributed by atoms with Gasteiger partial charge in [0.25, 0.3) is 0 Å². The Morgan fingerprint density at radius 1 is 0.656 bits per heavy atom. The first-order valence-electron chi connectivity index (χ1n) is 10.1. The van der Waals surface area contributed by atoms with E-state index in [0.717, 1.165) is 17.7 Å². The van der Waals surface area contributed by atoms with Crippen molar-refractivity contribution in [1.29, 1.82) is 0 Å². The van der Waals surface area contributed by atoms with E-state index < -0.39 is 24.7 Å². The van der Waals surface area contributed by atoms with E-state index in [2.05, 4.69) is 5.32 Å². The molecule has 2 nitrogen and oxygen atoms in total. The van der Waals surface area contributed by atoms with Gasteiger partial charge in [-0.25, -0.2) is 0 Å². The minimum absolute atomic E-state index is 0.251. The molecule has 0 aliphatic heterocycles. The summed E-state index contributed by atoms with van der Waals surface area (Å²) in [5.41, 5.74) is 0.213. The number of hydrogen-bond donors (Lipinski definition) is 1. The lowest BCUT2D eigenvalue weighted by Crippen LogP contribution is -2.26. The maximum Gasteiger partial charge on any atom is 0.416 e. The Balaban J connectivity index is 1.90. The number of rotatable bonds is 6. The van der Waals surface area contributed by atoms with E-state index in [-0.39, 0.29) is 5.69 Å². The summed E-state index contributed by atoms with van der Waals surface area (Å²) in [7, 11) is -3.37. The smallest absolute Gasteiger partial charge is 0.371 e. The number of alkyl halides is 3. The molecule has 0 radical (unpaired) electrons. The molecule has 0 unspecified atom stereocenters. The van der Waals surface area contributed by atoms with Crippen molar-refractivity contribution >= 4 is 23.4 Å². The average Bonchev–Trinajstić information content (AvgIpc) is 2.83. The Morgan fingerprint density at radius 3 is 1.66 bits per heavy atom. The van der Waals surface area contributed by atoms with Crippen molar-refractivity contribution in [3.05, 3.63) is 126 Å². The topological polar surface area (TPSA) is 29.1 Å². The van der Waals surface area contributed by atoms with Crippen molar-refractivity contribution in [1.82, 2.24) is 0 Å². The van der Waals surface area contributed by atoms with Crippen molar-refractivity contribution in [3.63, 3.8) is 0 Å². The molecule has 162 valence electrons. The second-order valence-corrected chi connectivity index (χ2v) is 10.2. The number of anilines is 1. The summed E-state index contributed by atoms with van der Waals surface area (Å²) in [6, 6.07) is 32.3. The molecule has 1 atom stereocenters. The minimum atomic E-state index is -4.47. The molecule has 4 rings (SSSR count). The summed E-state index contributed by atoms with van der Waals surface area (Å²) in [5.74, 6) is -0.767. The predicted molar refractivity (Wildman–Crippen MR) is 124 cm³/mol. The fraction of sp³-hybridized carbons (Fsp3) is 0.0769. The van der Waals surface area contributed by atoms with Gasteiger partial charge in [-0.2, -0.15) is 13.2 Å². The molecular weight excluding hydrogens is 430 g/mol. The highest BCUT2D eigenvalue weighted by molar-refractivity contribution is 7.79. The van der Waals surface area contributed by atoms with Crippen LogP contribution in [0, 0.1) is 0 Å². The van der Waals surface area contributed by atoms with Crippen LogP contribution in [0.4, 0.5) is 18.9 Å². The highest BCUT2D eigenvalue weighted by Gasteiger charge is 2.38. The third kappa shape index (κ3) is 4.49. The molecule has 6 heteroatoms. The first kappa shape index (κ1) is 21.9. The number of halogens is 3. The number of hydrogen-bond acceptors (Lipinski definition) is 2. The molecule has 0 fully saturated rings. The van der Waals surface area contributed by atoms with Crippen molar-refractivity contribution in [2.45, 2.75) is 12.0 Å². The maximum absolute atomic E-state index is 14.9. The van der Waals surface area contributed by atoms with E-state index in [1.54, 1.807) is 30.3 Å². The van der Waals surface area contributed by atoms with Gasteiger partial charge in [-0.05, 0) is 23.8 Å². The Bertz CT molecular complexity index is 1170. The molecule has 0 aliphatic rings. The zero-order valence-corrected chi connectivity index (χ0v) is 17.9. The van der Waals surface area contributed by atoms with Crippen molar-refractivity contribution in [2.24, 2.45) is 0 Å². The summed E-state index contributed by atoms with van der Waals surface area (Å²) in [4.78, 5) is 0. The second kappa shape index (κ2) is 9.05. The Morgan fingerprint density at radius 2 is 1.16 bits per heavy atom. The summed E-state index contributed by atoms with van der Waals surface area (Å²) in [6.07, 6.45) is -4.47. The molecule has 0 saturated heterocycles. The normalized spacial score (nSPS) is 12.8. The van der Waals surface area contributed by atoms with Crippen molar-refractivity contribution in [3.8, 4) is 0 Å². The molecule has 4 aromatic rings. The van der Waals surface area contributed by atoms with Gasteiger partial charge in [-0.15, -0.1) is 0 Å². The van der Waals surface area contributed by atoms with Crippen LogP contribution in [0.5, 0.6) is 0 Å². The molecule has 0 heterocycles. The van der Waals surface area contributed by atoms with Gasteiger partial charge in [0, 0.05) is 16.3 Å². The second-order valence-electron chi connectivity index (χ2n) is 7.37. The molecule has 32 heavy (non-hydrogen) atoms. The van der Waals surface area contributed by atoms with Crippen LogP contribution in [-0.2, 0) is 10.7 Å². The summed E-state index contributed by atoms with van der Waals surface area (Å²) in [5, 5.41) is 4.43. The molecule has 0 aliphatic carbocycles. The molecule has 1 N–H and O–H groups in total. The lowest BCUT2D eigenvalue weighted by molar-refractivity contribution is -0.137. The predicted octanol–water partition coefficient (Wildman–Crippen LogP) is 6.83. The van der Waals surface area contributed by atoms with Gasteiger partial charge in [0.05, 0.1) is 5.56 Å². The molecule has 4 aromatic carbocycles. The van der Waals surface area contributed by atoms with Gasteiger partial charge in [-0.3, -0.25) is 0 Å². The molecular formula is C26H21F3NOP. The SMILES string of the molecule is O=P(c1ccccc1)(c1ccccc1)[C@@H](Nc1cccc(C(F)(F)F)c1)c1ccccc1. The lowest BCUT2D eigenvalue weighted by atomic mass is 10.1. The minimum Gasteiger partial charge on any atom is -0.371 e. The van der Waals surface area contributed by atoms with Crippen molar-refractivity contribution in [2.75, 3.05) is 5.32 Å². The third-order valence-corrected chi connectivity index (χ3v) is 8.54. The molecule has 0 bridgehead atoms. The fourth-order valence-electron chi connectivity index (χ4n) is 3.71. The first-order valence-corrected chi connectivity index (χ1v) is 11.9. The van der Waals surface area contributed by atoms with E-state index in [1.165, 1.54) is 6.07 Å². The number of benzene rings is 4. The average molecular weight is 451 g/mol. The van der Waals surface area contributed by atoms with E-state index in [0.29, 0.717) is 10.6 Å². The van der Waals surface area contributed by atoms with Crippen LogP contribution in [0.15, 0.2) is 115 Å². The Hall–Kier alpha value is -3.30. The van der Waals surface area contributed by atoms with Crippen LogP contribution in [0.25, 0.3) is 0 Å². The van der Waals surface area contributed by atoms with Crippen LogP contribution in [0.3, 0.4) is 0 Å². The molecule has 0 saturated carbocycles.